The maximum Gasteiger partial charge on any atom is 0.408 e. The molecule has 128 valence electrons. The van der Waals surface area contributed by atoms with Crippen molar-refractivity contribution in [2.24, 2.45) is 0 Å². The number of amides is 2. The number of hydrogen-bond acceptors (Lipinski definition) is 5. The summed E-state index contributed by atoms with van der Waals surface area (Å²) in [6.45, 7) is 0.0711. The van der Waals surface area contributed by atoms with Crippen molar-refractivity contribution < 1.29 is 22.7 Å². The lowest BCUT2D eigenvalue weighted by molar-refractivity contribution is -0.130. The van der Waals surface area contributed by atoms with E-state index in [0.717, 1.165) is 11.8 Å². The minimum Gasteiger partial charge on any atom is -0.445 e. The SMILES string of the molecule is CN(C)C(=O)C(CCS(C)(=O)=O)NC(=O)OCc1ccccc1. The van der Waals surface area contributed by atoms with Crippen LogP contribution in [0.25, 0.3) is 0 Å². The third-order valence-electron chi connectivity index (χ3n) is 3.02. The van der Waals surface area contributed by atoms with Crippen molar-refractivity contribution >= 4 is 21.8 Å². The van der Waals surface area contributed by atoms with E-state index in [9.17, 15) is 18.0 Å². The Morgan fingerprint density at radius 3 is 2.35 bits per heavy atom. The summed E-state index contributed by atoms with van der Waals surface area (Å²) < 4.78 is 27.6. The van der Waals surface area contributed by atoms with Crippen molar-refractivity contribution in [3.05, 3.63) is 35.9 Å². The molecule has 2 amide bonds. The van der Waals surface area contributed by atoms with Crippen LogP contribution in [-0.2, 0) is 26.0 Å². The number of rotatable bonds is 7. The van der Waals surface area contributed by atoms with Gasteiger partial charge in [0.05, 0.1) is 5.75 Å². The highest BCUT2D eigenvalue weighted by Gasteiger charge is 2.24. The Morgan fingerprint density at radius 2 is 1.83 bits per heavy atom. The Kier molecular flexibility index (Phi) is 7.02. The molecule has 7 nitrogen and oxygen atoms in total. The number of nitrogens with one attached hydrogen (secondary N) is 1. The van der Waals surface area contributed by atoms with Crippen molar-refractivity contribution in [3.63, 3.8) is 0 Å². The Hall–Kier alpha value is -2.09. The molecule has 1 unspecified atom stereocenters. The molecule has 0 saturated carbocycles. The van der Waals surface area contributed by atoms with Gasteiger partial charge in [0.15, 0.2) is 0 Å². The van der Waals surface area contributed by atoms with Crippen LogP contribution in [-0.4, -0.2) is 57.5 Å². The van der Waals surface area contributed by atoms with Crippen LogP contribution < -0.4 is 5.32 Å². The van der Waals surface area contributed by atoms with Gasteiger partial charge in [-0.25, -0.2) is 13.2 Å². The highest BCUT2D eigenvalue weighted by Crippen LogP contribution is 2.03. The van der Waals surface area contributed by atoms with Gasteiger partial charge >= 0.3 is 6.09 Å². The van der Waals surface area contributed by atoms with Crippen LogP contribution >= 0.6 is 0 Å². The number of carbonyl (C=O) groups excluding carboxylic acids is 2. The van der Waals surface area contributed by atoms with E-state index >= 15 is 0 Å². The number of benzene rings is 1. The predicted molar refractivity (Wildman–Crippen MR) is 86.6 cm³/mol. The Balaban J connectivity index is 2.60. The molecule has 1 aromatic carbocycles. The van der Waals surface area contributed by atoms with Crippen molar-refractivity contribution in [3.8, 4) is 0 Å². The monoisotopic (exact) mass is 342 g/mol. The van der Waals surface area contributed by atoms with E-state index < -0.39 is 22.0 Å². The largest absolute Gasteiger partial charge is 0.445 e. The van der Waals surface area contributed by atoms with Crippen molar-refractivity contribution in [1.29, 1.82) is 0 Å². The minimum absolute atomic E-state index is 0.00369. The number of ether oxygens (including phenoxy) is 1. The molecule has 1 N–H and O–H groups in total. The van der Waals surface area contributed by atoms with Gasteiger partial charge in [-0.1, -0.05) is 30.3 Å². The normalized spacial score (nSPS) is 12.3. The lowest BCUT2D eigenvalue weighted by Gasteiger charge is -2.21. The fourth-order valence-electron chi connectivity index (χ4n) is 1.81. The Morgan fingerprint density at radius 1 is 1.22 bits per heavy atom. The predicted octanol–water partition coefficient (Wildman–Crippen LogP) is 0.804. The first-order valence-electron chi connectivity index (χ1n) is 7.05. The van der Waals surface area contributed by atoms with Crippen LogP contribution in [0.3, 0.4) is 0 Å². The third kappa shape index (κ3) is 7.64. The summed E-state index contributed by atoms with van der Waals surface area (Å²) in [7, 11) is -0.163. The first kappa shape index (κ1) is 19.0. The highest BCUT2D eigenvalue weighted by atomic mass is 32.2. The zero-order chi connectivity index (χ0) is 17.5. The number of carbonyl (C=O) groups is 2. The fraction of sp³-hybridized carbons (Fsp3) is 0.467. The zero-order valence-electron chi connectivity index (χ0n) is 13.5. The molecule has 1 aromatic rings. The summed E-state index contributed by atoms with van der Waals surface area (Å²) in [5.41, 5.74) is 0.814. The molecule has 0 spiro atoms. The molecule has 0 aliphatic rings. The maximum absolute atomic E-state index is 12.0. The first-order valence-corrected chi connectivity index (χ1v) is 9.11. The van der Waals surface area contributed by atoms with E-state index in [1.807, 2.05) is 18.2 Å². The number of likely N-dealkylation sites (N-methyl/N-ethyl adjacent to an activating group) is 1. The van der Waals surface area contributed by atoms with Crippen molar-refractivity contribution in [2.75, 3.05) is 26.1 Å². The van der Waals surface area contributed by atoms with Crippen molar-refractivity contribution in [2.45, 2.75) is 19.1 Å². The molecular formula is C15H22N2O5S. The molecule has 0 fully saturated rings. The third-order valence-corrected chi connectivity index (χ3v) is 4.00. The molecule has 0 aromatic heterocycles. The lowest BCUT2D eigenvalue weighted by atomic mass is 10.2. The Labute approximate surface area is 136 Å². The van der Waals surface area contributed by atoms with E-state index in [1.165, 1.54) is 19.0 Å². The molecule has 1 atom stereocenters. The molecular weight excluding hydrogens is 320 g/mol. The average Bonchev–Trinajstić information content (AvgIpc) is 2.48. The van der Waals surface area contributed by atoms with E-state index in [-0.39, 0.29) is 24.7 Å². The van der Waals surface area contributed by atoms with Crippen LogP contribution in [0, 0.1) is 0 Å². The highest BCUT2D eigenvalue weighted by molar-refractivity contribution is 7.90. The van der Waals surface area contributed by atoms with Gasteiger partial charge in [0.1, 0.15) is 22.5 Å². The van der Waals surface area contributed by atoms with Gasteiger partial charge in [0, 0.05) is 20.4 Å². The van der Waals surface area contributed by atoms with Crippen LogP contribution in [0.5, 0.6) is 0 Å². The molecule has 8 heteroatoms. The van der Waals surface area contributed by atoms with E-state index in [1.54, 1.807) is 12.1 Å². The van der Waals surface area contributed by atoms with Gasteiger partial charge in [-0.05, 0) is 12.0 Å². The molecule has 23 heavy (non-hydrogen) atoms. The van der Waals surface area contributed by atoms with Gasteiger partial charge in [-0.15, -0.1) is 0 Å². The summed E-state index contributed by atoms with van der Waals surface area (Å²) in [6.07, 6.45) is 0.316. The summed E-state index contributed by atoms with van der Waals surface area (Å²) in [4.78, 5) is 25.2. The van der Waals surface area contributed by atoms with Crippen LogP contribution in [0.1, 0.15) is 12.0 Å². The smallest absolute Gasteiger partial charge is 0.408 e. The van der Waals surface area contributed by atoms with Gasteiger partial charge in [-0.2, -0.15) is 0 Å². The second-order valence-corrected chi connectivity index (χ2v) is 7.67. The van der Waals surface area contributed by atoms with Gasteiger partial charge in [-0.3, -0.25) is 4.79 Å². The first-order chi connectivity index (χ1) is 10.7. The van der Waals surface area contributed by atoms with Gasteiger partial charge in [0.25, 0.3) is 0 Å². The fourth-order valence-corrected chi connectivity index (χ4v) is 2.47. The summed E-state index contributed by atoms with van der Waals surface area (Å²) in [5, 5.41) is 2.42. The molecule has 1 rings (SSSR count). The lowest BCUT2D eigenvalue weighted by Crippen LogP contribution is -2.47. The second-order valence-electron chi connectivity index (χ2n) is 5.41. The number of hydrogen-bond donors (Lipinski definition) is 1. The summed E-state index contributed by atoms with van der Waals surface area (Å²) in [6, 6.07) is 8.16. The summed E-state index contributed by atoms with van der Waals surface area (Å²) >= 11 is 0. The average molecular weight is 342 g/mol. The van der Waals surface area contributed by atoms with Crippen LogP contribution in [0.4, 0.5) is 4.79 Å². The van der Waals surface area contributed by atoms with E-state index in [4.69, 9.17) is 4.74 Å². The van der Waals surface area contributed by atoms with E-state index in [0.29, 0.717) is 0 Å². The van der Waals surface area contributed by atoms with Crippen molar-refractivity contribution in [1.82, 2.24) is 10.2 Å². The minimum atomic E-state index is -3.23. The van der Waals surface area contributed by atoms with Crippen LogP contribution in [0.15, 0.2) is 30.3 Å². The maximum atomic E-state index is 12.0. The van der Waals surface area contributed by atoms with Gasteiger partial charge < -0.3 is 15.0 Å². The molecule has 0 heterocycles. The molecule has 0 aliphatic heterocycles. The van der Waals surface area contributed by atoms with E-state index in [2.05, 4.69) is 5.32 Å². The molecule has 0 radical (unpaired) electrons. The molecule has 0 saturated heterocycles. The Bertz CT molecular complexity index is 629. The van der Waals surface area contributed by atoms with Crippen LogP contribution in [0.2, 0.25) is 0 Å². The second kappa shape index (κ2) is 8.52. The zero-order valence-corrected chi connectivity index (χ0v) is 14.3. The number of alkyl carbamates (subject to hydrolysis) is 1. The standard InChI is InChI=1S/C15H22N2O5S/c1-17(2)14(18)13(9-10-23(3,20)21)16-15(19)22-11-12-7-5-4-6-8-12/h4-8,13H,9-11H2,1-3H3,(H,16,19). The molecule has 0 bridgehead atoms. The molecule has 0 aliphatic carbocycles. The van der Waals surface area contributed by atoms with Gasteiger partial charge in [0.2, 0.25) is 5.91 Å². The quantitative estimate of drug-likeness (QED) is 0.791. The summed E-state index contributed by atoms with van der Waals surface area (Å²) in [5.74, 6) is -0.582. The number of sulfone groups is 1. The number of nitrogens with zero attached hydrogens (tertiary/aromatic N) is 1. The topological polar surface area (TPSA) is 92.8 Å².